The summed E-state index contributed by atoms with van der Waals surface area (Å²) in [6.07, 6.45) is -3.07. The molecule has 29 heavy (non-hydrogen) atoms. The molecule has 1 aliphatic rings. The Balaban J connectivity index is 0.000000370. The largest absolute Gasteiger partial charge is 0.490 e. The van der Waals surface area contributed by atoms with Crippen LogP contribution in [0.2, 0.25) is 0 Å². The van der Waals surface area contributed by atoms with E-state index in [9.17, 15) is 21.6 Å². The Morgan fingerprint density at radius 2 is 1.79 bits per heavy atom. The summed E-state index contributed by atoms with van der Waals surface area (Å²) < 4.78 is 60.6. The van der Waals surface area contributed by atoms with Gasteiger partial charge in [0.2, 0.25) is 10.0 Å². The van der Waals surface area contributed by atoms with E-state index in [2.05, 4.69) is 9.55 Å². The smallest absolute Gasteiger partial charge is 0.475 e. The summed E-state index contributed by atoms with van der Waals surface area (Å²) >= 11 is 0. The number of halogens is 3. The maximum Gasteiger partial charge on any atom is 0.490 e. The molecule has 1 aliphatic heterocycles. The predicted octanol–water partition coefficient (Wildman–Crippen LogP) is 1.78. The molecule has 160 valence electrons. The summed E-state index contributed by atoms with van der Waals surface area (Å²) in [5, 5.41) is 7.12. The second-order valence-electron chi connectivity index (χ2n) is 6.53. The zero-order chi connectivity index (χ0) is 21.8. The molecule has 0 bridgehead atoms. The van der Waals surface area contributed by atoms with Crippen LogP contribution >= 0.6 is 0 Å². The molecule has 0 spiro atoms. The summed E-state index contributed by atoms with van der Waals surface area (Å²) in [5.74, 6) is -1.95. The molecule has 2 aromatic rings. The fraction of sp³-hybridized carbons (Fsp3) is 0.412. The van der Waals surface area contributed by atoms with Crippen LogP contribution in [0.3, 0.4) is 0 Å². The molecule has 0 saturated carbocycles. The van der Waals surface area contributed by atoms with Crippen molar-refractivity contribution in [1.29, 1.82) is 0 Å². The van der Waals surface area contributed by atoms with Crippen LogP contribution in [0.15, 0.2) is 41.4 Å². The first-order valence-electron chi connectivity index (χ1n) is 8.46. The van der Waals surface area contributed by atoms with Crippen LogP contribution < -0.4 is 0 Å². The Morgan fingerprint density at radius 3 is 2.31 bits per heavy atom. The van der Waals surface area contributed by atoms with Crippen LogP contribution in [0.5, 0.6) is 0 Å². The van der Waals surface area contributed by atoms with Crippen LogP contribution in [-0.2, 0) is 34.5 Å². The average Bonchev–Trinajstić information content (AvgIpc) is 3.02. The number of carboxylic acid groups (broad SMARTS) is 1. The van der Waals surface area contributed by atoms with Gasteiger partial charge in [0.15, 0.2) is 0 Å². The van der Waals surface area contributed by atoms with Crippen molar-refractivity contribution in [3.05, 3.63) is 48.0 Å². The fourth-order valence-electron chi connectivity index (χ4n) is 2.64. The van der Waals surface area contributed by atoms with Crippen molar-refractivity contribution in [2.24, 2.45) is 0 Å². The van der Waals surface area contributed by atoms with E-state index in [1.54, 1.807) is 24.3 Å². The van der Waals surface area contributed by atoms with Gasteiger partial charge in [0, 0.05) is 25.8 Å². The van der Waals surface area contributed by atoms with Gasteiger partial charge in [0.1, 0.15) is 5.82 Å². The number of nitrogens with zero attached hydrogens (tertiary/aromatic N) is 4. The number of aromatic nitrogens is 2. The molecule has 0 unspecified atom stereocenters. The van der Waals surface area contributed by atoms with E-state index in [0.717, 1.165) is 18.1 Å². The molecular weight excluding hydrogens is 413 g/mol. The average molecular weight is 434 g/mol. The van der Waals surface area contributed by atoms with E-state index < -0.39 is 22.2 Å². The lowest BCUT2D eigenvalue weighted by molar-refractivity contribution is -0.192. The first-order chi connectivity index (χ1) is 13.4. The minimum atomic E-state index is -5.08. The van der Waals surface area contributed by atoms with Crippen molar-refractivity contribution in [2.45, 2.75) is 30.7 Å². The highest BCUT2D eigenvalue weighted by molar-refractivity contribution is 7.89. The molecular formula is C17H21F3N4O4S. The SMILES string of the molecule is CN(C)Cc1cn2c(n1)CN(S(=O)(=O)c1ccccc1)CC2.O=C(O)C(F)(F)F. The Bertz CT molecular complexity index is 943. The fourth-order valence-corrected chi connectivity index (χ4v) is 4.04. The van der Waals surface area contributed by atoms with Crippen molar-refractivity contribution >= 4 is 16.0 Å². The molecule has 3 rings (SSSR count). The topological polar surface area (TPSA) is 95.7 Å². The van der Waals surface area contributed by atoms with Gasteiger partial charge in [0.25, 0.3) is 0 Å². The van der Waals surface area contributed by atoms with Crippen molar-refractivity contribution in [1.82, 2.24) is 18.8 Å². The lowest BCUT2D eigenvalue weighted by atomic mass is 10.4. The lowest BCUT2D eigenvalue weighted by Gasteiger charge is -2.26. The normalized spacial score (nSPS) is 14.8. The van der Waals surface area contributed by atoms with E-state index in [4.69, 9.17) is 9.90 Å². The number of aliphatic carboxylic acids is 1. The van der Waals surface area contributed by atoms with Gasteiger partial charge < -0.3 is 14.6 Å². The highest BCUT2D eigenvalue weighted by Crippen LogP contribution is 2.21. The first-order valence-corrected chi connectivity index (χ1v) is 9.90. The highest BCUT2D eigenvalue weighted by atomic mass is 32.2. The van der Waals surface area contributed by atoms with E-state index >= 15 is 0 Å². The molecule has 12 heteroatoms. The molecule has 1 aromatic carbocycles. The number of carboxylic acids is 1. The molecule has 8 nitrogen and oxygen atoms in total. The maximum atomic E-state index is 12.7. The van der Waals surface area contributed by atoms with Gasteiger partial charge in [-0.05, 0) is 26.2 Å². The van der Waals surface area contributed by atoms with Crippen LogP contribution in [0, 0.1) is 0 Å². The van der Waals surface area contributed by atoms with Gasteiger partial charge in [-0.2, -0.15) is 17.5 Å². The molecule has 0 radical (unpaired) electrons. The summed E-state index contributed by atoms with van der Waals surface area (Å²) in [4.78, 5) is 15.8. The number of fused-ring (bicyclic) bond motifs is 1. The van der Waals surface area contributed by atoms with E-state index in [1.165, 1.54) is 4.31 Å². The summed E-state index contributed by atoms with van der Waals surface area (Å²) in [5.41, 5.74) is 0.971. The van der Waals surface area contributed by atoms with Gasteiger partial charge in [-0.25, -0.2) is 18.2 Å². The van der Waals surface area contributed by atoms with Crippen LogP contribution in [-0.4, -0.2) is 65.1 Å². The number of hydrogen-bond acceptors (Lipinski definition) is 5. The van der Waals surface area contributed by atoms with E-state index in [1.807, 2.05) is 31.3 Å². The van der Waals surface area contributed by atoms with Crippen molar-refractivity contribution in [3.63, 3.8) is 0 Å². The minimum absolute atomic E-state index is 0.324. The first kappa shape index (κ1) is 22.8. The second-order valence-corrected chi connectivity index (χ2v) is 8.47. The van der Waals surface area contributed by atoms with Crippen molar-refractivity contribution < 1.29 is 31.5 Å². The van der Waals surface area contributed by atoms with Gasteiger partial charge in [0.05, 0.1) is 17.1 Å². The van der Waals surface area contributed by atoms with Gasteiger partial charge in [-0.1, -0.05) is 18.2 Å². The number of hydrogen-bond donors (Lipinski definition) is 1. The predicted molar refractivity (Wildman–Crippen MR) is 97.3 cm³/mol. The zero-order valence-corrected chi connectivity index (χ0v) is 16.6. The number of rotatable bonds is 4. The van der Waals surface area contributed by atoms with Crippen molar-refractivity contribution in [2.75, 3.05) is 20.6 Å². The molecule has 1 aromatic heterocycles. The number of sulfonamides is 1. The molecule has 0 amide bonds. The van der Waals surface area contributed by atoms with Gasteiger partial charge >= 0.3 is 12.1 Å². The molecule has 0 aliphatic carbocycles. The van der Waals surface area contributed by atoms with Gasteiger partial charge in [-0.3, -0.25) is 0 Å². The maximum absolute atomic E-state index is 12.7. The minimum Gasteiger partial charge on any atom is -0.475 e. The number of alkyl halides is 3. The third-order valence-electron chi connectivity index (χ3n) is 3.92. The molecule has 0 saturated heterocycles. The Morgan fingerprint density at radius 1 is 1.21 bits per heavy atom. The summed E-state index contributed by atoms with van der Waals surface area (Å²) in [7, 11) is 0.532. The van der Waals surface area contributed by atoms with E-state index in [0.29, 0.717) is 24.5 Å². The quantitative estimate of drug-likeness (QED) is 0.788. The number of benzene rings is 1. The van der Waals surface area contributed by atoms with Crippen LogP contribution in [0.1, 0.15) is 11.5 Å². The van der Waals surface area contributed by atoms with Crippen molar-refractivity contribution in [3.8, 4) is 0 Å². The standard InChI is InChI=1S/C15H20N4O2S.C2HF3O2/c1-17(2)10-13-11-18-8-9-19(12-15(18)16-13)22(20,21)14-6-4-3-5-7-14;3-2(4,5)1(6)7/h3-7,11H,8-10,12H2,1-2H3;(H,6,7). The monoisotopic (exact) mass is 434 g/mol. The second kappa shape index (κ2) is 8.93. The van der Waals surface area contributed by atoms with Crippen LogP contribution in [0.4, 0.5) is 13.2 Å². The highest BCUT2D eigenvalue weighted by Gasteiger charge is 2.38. The Labute approximate surface area is 166 Å². The molecule has 1 N–H and O–H groups in total. The Hall–Kier alpha value is -2.44. The molecule has 0 atom stereocenters. The third kappa shape index (κ3) is 6.02. The van der Waals surface area contributed by atoms with Gasteiger partial charge in [-0.15, -0.1) is 0 Å². The number of carbonyl (C=O) groups is 1. The number of imidazole rings is 1. The molecule has 2 heterocycles. The summed E-state index contributed by atoms with van der Waals surface area (Å²) in [6, 6.07) is 8.57. The molecule has 0 fully saturated rings. The van der Waals surface area contributed by atoms with Crippen LogP contribution in [0.25, 0.3) is 0 Å². The van der Waals surface area contributed by atoms with E-state index in [-0.39, 0.29) is 0 Å². The Kier molecular flexibility index (Phi) is 7.03. The third-order valence-corrected chi connectivity index (χ3v) is 5.78. The zero-order valence-electron chi connectivity index (χ0n) is 15.8. The lowest BCUT2D eigenvalue weighted by Crippen LogP contribution is -2.38. The summed E-state index contributed by atoms with van der Waals surface area (Å²) in [6.45, 7) is 2.19.